The second kappa shape index (κ2) is 4.83. The molecule has 2 aromatic rings. The standard InChI is InChI=1S/C9H5FIN3OS/c10-5-1-2-7(11)6(3-5)8(15)13-9-14-12-4-16-9/h1-4H,(H,13,14,15). The van der Waals surface area contributed by atoms with Crippen molar-refractivity contribution in [2.45, 2.75) is 0 Å². The van der Waals surface area contributed by atoms with Gasteiger partial charge in [-0.2, -0.15) is 0 Å². The van der Waals surface area contributed by atoms with E-state index in [9.17, 15) is 9.18 Å². The summed E-state index contributed by atoms with van der Waals surface area (Å²) in [6, 6.07) is 4.05. The molecule has 0 radical (unpaired) electrons. The zero-order valence-electron chi connectivity index (χ0n) is 7.78. The van der Waals surface area contributed by atoms with Crippen molar-refractivity contribution < 1.29 is 9.18 Å². The number of nitrogens with one attached hydrogen (secondary N) is 1. The summed E-state index contributed by atoms with van der Waals surface area (Å²) in [5.41, 5.74) is 1.79. The van der Waals surface area contributed by atoms with Crippen LogP contribution in [-0.4, -0.2) is 16.1 Å². The Bertz CT molecular complexity index is 517. The van der Waals surface area contributed by atoms with Gasteiger partial charge in [0.1, 0.15) is 11.3 Å². The van der Waals surface area contributed by atoms with Crippen LogP contribution in [0.3, 0.4) is 0 Å². The first-order chi connectivity index (χ1) is 7.66. The quantitative estimate of drug-likeness (QED) is 0.848. The Morgan fingerprint density at radius 3 is 3.00 bits per heavy atom. The second-order valence-corrected chi connectivity index (χ2v) is 4.82. The van der Waals surface area contributed by atoms with E-state index in [1.807, 2.05) is 22.6 Å². The number of carbonyl (C=O) groups excluding carboxylic acids is 1. The van der Waals surface area contributed by atoms with Crippen molar-refractivity contribution in [1.29, 1.82) is 0 Å². The van der Waals surface area contributed by atoms with Crippen LogP contribution >= 0.6 is 33.9 Å². The molecule has 0 aliphatic heterocycles. The fraction of sp³-hybridized carbons (Fsp3) is 0. The van der Waals surface area contributed by atoms with Crippen LogP contribution in [0.15, 0.2) is 23.7 Å². The average molecular weight is 349 g/mol. The summed E-state index contributed by atoms with van der Waals surface area (Å²) in [5.74, 6) is -0.830. The Hall–Kier alpha value is -1.09. The molecular formula is C9H5FIN3OS. The summed E-state index contributed by atoms with van der Waals surface area (Å²) in [7, 11) is 0. The zero-order chi connectivity index (χ0) is 11.5. The van der Waals surface area contributed by atoms with E-state index in [-0.39, 0.29) is 11.5 Å². The minimum Gasteiger partial charge on any atom is -0.296 e. The van der Waals surface area contributed by atoms with E-state index in [1.165, 1.54) is 29.0 Å². The van der Waals surface area contributed by atoms with Crippen LogP contribution in [0.5, 0.6) is 0 Å². The van der Waals surface area contributed by atoms with E-state index in [0.717, 1.165) is 0 Å². The Morgan fingerprint density at radius 1 is 1.50 bits per heavy atom. The lowest BCUT2D eigenvalue weighted by atomic mass is 10.2. The molecule has 1 amide bonds. The highest BCUT2D eigenvalue weighted by atomic mass is 127. The molecule has 0 aliphatic rings. The Morgan fingerprint density at radius 2 is 2.31 bits per heavy atom. The molecule has 16 heavy (non-hydrogen) atoms. The highest BCUT2D eigenvalue weighted by molar-refractivity contribution is 14.1. The number of benzene rings is 1. The lowest BCUT2D eigenvalue weighted by Crippen LogP contribution is -2.13. The third-order valence-electron chi connectivity index (χ3n) is 1.75. The number of nitrogens with zero attached hydrogens (tertiary/aromatic N) is 2. The number of halogens is 2. The van der Waals surface area contributed by atoms with Crippen LogP contribution in [0.1, 0.15) is 10.4 Å². The molecule has 0 fully saturated rings. The molecule has 7 heteroatoms. The number of hydrogen-bond acceptors (Lipinski definition) is 4. The van der Waals surface area contributed by atoms with Gasteiger partial charge in [0, 0.05) is 3.57 Å². The predicted octanol–water partition coefficient (Wildman–Crippen LogP) is 2.53. The number of anilines is 1. The van der Waals surface area contributed by atoms with Crippen molar-refractivity contribution in [2.75, 3.05) is 5.32 Å². The van der Waals surface area contributed by atoms with Crippen LogP contribution in [0.2, 0.25) is 0 Å². The molecule has 2 rings (SSSR count). The molecule has 1 aromatic carbocycles. The molecule has 0 aliphatic carbocycles. The van der Waals surface area contributed by atoms with Gasteiger partial charge in [-0.1, -0.05) is 11.3 Å². The maximum absolute atomic E-state index is 13.0. The van der Waals surface area contributed by atoms with Crippen LogP contribution in [0.4, 0.5) is 9.52 Å². The van der Waals surface area contributed by atoms with Gasteiger partial charge in [-0.05, 0) is 40.8 Å². The van der Waals surface area contributed by atoms with Crippen molar-refractivity contribution in [3.8, 4) is 0 Å². The first-order valence-electron chi connectivity index (χ1n) is 4.19. The lowest BCUT2D eigenvalue weighted by Gasteiger charge is -2.03. The van der Waals surface area contributed by atoms with Gasteiger partial charge in [0.25, 0.3) is 5.91 Å². The van der Waals surface area contributed by atoms with E-state index >= 15 is 0 Å². The number of hydrogen-bond donors (Lipinski definition) is 1. The molecular weight excluding hydrogens is 344 g/mol. The summed E-state index contributed by atoms with van der Waals surface area (Å²) in [6.45, 7) is 0. The third-order valence-corrected chi connectivity index (χ3v) is 3.30. The SMILES string of the molecule is O=C(Nc1nncs1)c1cc(F)ccc1I. The van der Waals surface area contributed by atoms with Gasteiger partial charge in [-0.15, -0.1) is 10.2 Å². The molecule has 1 N–H and O–H groups in total. The van der Waals surface area contributed by atoms with Crippen molar-refractivity contribution in [2.24, 2.45) is 0 Å². The lowest BCUT2D eigenvalue weighted by molar-refractivity contribution is 0.102. The maximum Gasteiger partial charge on any atom is 0.258 e. The van der Waals surface area contributed by atoms with E-state index in [0.29, 0.717) is 8.70 Å². The zero-order valence-corrected chi connectivity index (χ0v) is 10.8. The molecule has 0 saturated carbocycles. The van der Waals surface area contributed by atoms with Crippen LogP contribution in [0.25, 0.3) is 0 Å². The molecule has 4 nitrogen and oxygen atoms in total. The van der Waals surface area contributed by atoms with E-state index < -0.39 is 5.82 Å². The van der Waals surface area contributed by atoms with E-state index in [4.69, 9.17) is 0 Å². The minimum atomic E-state index is -0.442. The van der Waals surface area contributed by atoms with Crippen molar-refractivity contribution >= 4 is 45.0 Å². The second-order valence-electron chi connectivity index (χ2n) is 2.82. The van der Waals surface area contributed by atoms with Gasteiger partial charge in [0.05, 0.1) is 5.56 Å². The molecule has 82 valence electrons. The average Bonchev–Trinajstić information content (AvgIpc) is 2.74. The van der Waals surface area contributed by atoms with Gasteiger partial charge in [-0.25, -0.2) is 4.39 Å². The predicted molar refractivity (Wildman–Crippen MR) is 67.0 cm³/mol. The molecule has 0 saturated heterocycles. The Kier molecular flexibility index (Phi) is 3.44. The summed E-state index contributed by atoms with van der Waals surface area (Å²) < 4.78 is 13.7. The Labute approximate surface area is 108 Å². The maximum atomic E-state index is 13.0. The van der Waals surface area contributed by atoms with Crippen molar-refractivity contribution in [1.82, 2.24) is 10.2 Å². The van der Waals surface area contributed by atoms with Gasteiger partial charge in [0.2, 0.25) is 5.13 Å². The monoisotopic (exact) mass is 349 g/mol. The molecule has 0 unspecified atom stereocenters. The first-order valence-corrected chi connectivity index (χ1v) is 6.15. The third kappa shape index (κ3) is 2.53. The number of rotatable bonds is 2. The van der Waals surface area contributed by atoms with Crippen LogP contribution in [-0.2, 0) is 0 Å². The van der Waals surface area contributed by atoms with Crippen molar-refractivity contribution in [3.05, 3.63) is 38.7 Å². The molecule has 0 atom stereocenters. The largest absolute Gasteiger partial charge is 0.296 e. The molecule has 0 bridgehead atoms. The summed E-state index contributed by atoms with van der Waals surface area (Å²) in [6.07, 6.45) is 0. The molecule has 1 heterocycles. The minimum absolute atomic E-state index is 0.288. The number of aromatic nitrogens is 2. The Balaban J connectivity index is 2.24. The number of amides is 1. The van der Waals surface area contributed by atoms with Crippen molar-refractivity contribution in [3.63, 3.8) is 0 Å². The molecule has 0 spiro atoms. The smallest absolute Gasteiger partial charge is 0.258 e. The summed E-state index contributed by atoms with van der Waals surface area (Å²) in [4.78, 5) is 11.7. The first kappa shape index (κ1) is 11.4. The highest BCUT2D eigenvalue weighted by Gasteiger charge is 2.12. The highest BCUT2D eigenvalue weighted by Crippen LogP contribution is 2.16. The van der Waals surface area contributed by atoms with Crippen LogP contribution in [0, 0.1) is 9.39 Å². The normalized spacial score (nSPS) is 10.1. The molecule has 1 aromatic heterocycles. The van der Waals surface area contributed by atoms with Gasteiger partial charge in [0.15, 0.2) is 0 Å². The van der Waals surface area contributed by atoms with Crippen LogP contribution < -0.4 is 5.32 Å². The number of carbonyl (C=O) groups is 1. The van der Waals surface area contributed by atoms with E-state index in [2.05, 4.69) is 15.5 Å². The van der Waals surface area contributed by atoms with Gasteiger partial charge < -0.3 is 0 Å². The van der Waals surface area contributed by atoms with E-state index in [1.54, 1.807) is 6.07 Å². The summed E-state index contributed by atoms with van der Waals surface area (Å²) >= 11 is 3.18. The van der Waals surface area contributed by atoms with Gasteiger partial charge >= 0.3 is 0 Å². The topological polar surface area (TPSA) is 54.9 Å². The fourth-order valence-electron chi connectivity index (χ4n) is 1.06. The summed E-state index contributed by atoms with van der Waals surface area (Å²) in [5, 5.41) is 10.2. The van der Waals surface area contributed by atoms with Gasteiger partial charge in [-0.3, -0.25) is 10.1 Å². The fourth-order valence-corrected chi connectivity index (χ4v) is 2.08.